The molecule has 176 valence electrons. The van der Waals surface area contributed by atoms with E-state index < -0.39 is 9.84 Å². The van der Waals surface area contributed by atoms with Crippen molar-refractivity contribution < 1.29 is 22.6 Å². The summed E-state index contributed by atoms with van der Waals surface area (Å²) < 4.78 is 39.3. The summed E-state index contributed by atoms with van der Waals surface area (Å²) >= 11 is 0. The van der Waals surface area contributed by atoms with Crippen molar-refractivity contribution >= 4 is 9.84 Å². The monoisotopic (exact) mass is 449 g/mol. The van der Waals surface area contributed by atoms with E-state index in [0.717, 1.165) is 18.7 Å². The second kappa shape index (κ2) is 16.6. The first kappa shape index (κ1) is 26.9. The Morgan fingerprint density at radius 1 is 1.07 bits per heavy atom. The summed E-state index contributed by atoms with van der Waals surface area (Å²) in [7, 11) is -0.957. The van der Waals surface area contributed by atoms with E-state index in [4.69, 9.17) is 14.2 Å². The van der Waals surface area contributed by atoms with Crippen LogP contribution in [0.3, 0.4) is 0 Å². The highest BCUT2D eigenvalue weighted by atomic mass is 32.2. The highest BCUT2D eigenvalue weighted by Crippen LogP contribution is 2.08. The molecule has 11 heteroatoms. The lowest BCUT2D eigenvalue weighted by molar-refractivity contribution is 0.0122. The van der Waals surface area contributed by atoms with Crippen LogP contribution in [0.5, 0.6) is 0 Å². The summed E-state index contributed by atoms with van der Waals surface area (Å²) in [4.78, 5) is 2.11. The summed E-state index contributed by atoms with van der Waals surface area (Å²) in [5.74, 6) is 0.459. The minimum absolute atomic E-state index is 0.229. The molecule has 1 saturated heterocycles. The van der Waals surface area contributed by atoms with E-state index >= 15 is 0 Å². The molecule has 0 atom stereocenters. The fourth-order valence-corrected chi connectivity index (χ4v) is 3.87. The summed E-state index contributed by atoms with van der Waals surface area (Å²) in [5, 5.41) is 13.3. The maximum absolute atomic E-state index is 11.5. The lowest BCUT2D eigenvalue weighted by atomic mass is 10.3. The standard InChI is InChI=1S/C19H39N5O5S/c1-4-19(2)24(8-12-28-14-16-29-15-13-27-11-6-20-3)22-21-5-7-23-9-17-30(25,26)18-10-23/h20H,2,4-18H2,1,3H3/b22-21-. The molecular weight excluding hydrogens is 410 g/mol. The second-order valence-electron chi connectivity index (χ2n) is 6.93. The zero-order valence-electron chi connectivity index (χ0n) is 18.6. The van der Waals surface area contributed by atoms with Gasteiger partial charge in [0, 0.05) is 31.9 Å². The van der Waals surface area contributed by atoms with E-state index in [-0.39, 0.29) is 11.5 Å². The predicted molar refractivity (Wildman–Crippen MR) is 117 cm³/mol. The van der Waals surface area contributed by atoms with Gasteiger partial charge in [0.1, 0.15) is 0 Å². The van der Waals surface area contributed by atoms with E-state index in [1.807, 2.05) is 14.0 Å². The Labute approximate surface area is 181 Å². The molecule has 0 saturated carbocycles. The molecule has 1 aliphatic rings. The third-order valence-corrected chi connectivity index (χ3v) is 6.19. The van der Waals surface area contributed by atoms with Crippen LogP contribution in [-0.4, -0.2) is 116 Å². The van der Waals surface area contributed by atoms with E-state index in [1.54, 1.807) is 5.01 Å². The maximum Gasteiger partial charge on any atom is 0.152 e. The molecule has 10 nitrogen and oxygen atoms in total. The Kier molecular flexibility index (Phi) is 14.9. The molecule has 1 rings (SSSR count). The van der Waals surface area contributed by atoms with Crippen molar-refractivity contribution in [1.82, 2.24) is 15.2 Å². The summed E-state index contributed by atoms with van der Waals surface area (Å²) in [6.45, 7) is 13.2. The van der Waals surface area contributed by atoms with Crippen molar-refractivity contribution in [2.24, 2.45) is 10.3 Å². The van der Waals surface area contributed by atoms with E-state index in [0.29, 0.717) is 72.4 Å². The number of nitrogens with one attached hydrogen (secondary N) is 1. The SMILES string of the molecule is C=C(CC)N(CCOCCOCCOCCNC)/N=N\CCN1CCS(=O)(=O)CC1. The molecule has 0 bridgehead atoms. The van der Waals surface area contributed by atoms with Gasteiger partial charge in [-0.3, -0.25) is 4.90 Å². The fourth-order valence-electron chi connectivity index (χ4n) is 2.60. The number of hydrogen-bond acceptors (Lipinski definition) is 9. The van der Waals surface area contributed by atoms with Crippen LogP contribution >= 0.6 is 0 Å². The summed E-state index contributed by atoms with van der Waals surface area (Å²) in [5.41, 5.74) is 0.876. The Hall–Kier alpha value is -1.11. The number of allylic oxidation sites excluding steroid dienone is 1. The highest BCUT2D eigenvalue weighted by molar-refractivity contribution is 7.91. The van der Waals surface area contributed by atoms with Gasteiger partial charge in [0.2, 0.25) is 0 Å². The van der Waals surface area contributed by atoms with Gasteiger partial charge < -0.3 is 19.5 Å². The normalized spacial score (nSPS) is 16.9. The minimum atomic E-state index is -2.85. The van der Waals surface area contributed by atoms with Gasteiger partial charge in [-0.1, -0.05) is 18.7 Å². The Morgan fingerprint density at radius 3 is 2.27 bits per heavy atom. The van der Waals surface area contributed by atoms with Crippen LogP contribution in [0.1, 0.15) is 13.3 Å². The van der Waals surface area contributed by atoms with Crippen LogP contribution in [0.2, 0.25) is 0 Å². The molecule has 0 aromatic carbocycles. The largest absolute Gasteiger partial charge is 0.378 e. The third-order valence-electron chi connectivity index (χ3n) is 4.59. The first-order valence-electron chi connectivity index (χ1n) is 10.6. The van der Waals surface area contributed by atoms with Crippen molar-refractivity contribution in [3.05, 3.63) is 12.3 Å². The Morgan fingerprint density at radius 2 is 1.67 bits per heavy atom. The van der Waals surface area contributed by atoms with Crippen LogP contribution in [0, 0.1) is 0 Å². The van der Waals surface area contributed by atoms with Crippen molar-refractivity contribution in [2.75, 3.05) is 97.5 Å². The molecule has 0 aromatic rings. The van der Waals surface area contributed by atoms with Crippen LogP contribution in [-0.2, 0) is 24.0 Å². The zero-order chi connectivity index (χ0) is 22.1. The number of ether oxygens (including phenoxy) is 3. The summed E-state index contributed by atoms with van der Waals surface area (Å²) in [6.07, 6.45) is 0.777. The smallest absolute Gasteiger partial charge is 0.152 e. The first-order valence-corrected chi connectivity index (χ1v) is 12.4. The van der Waals surface area contributed by atoms with Gasteiger partial charge in [-0.15, -0.1) is 0 Å². The van der Waals surface area contributed by atoms with Gasteiger partial charge in [-0.25, -0.2) is 13.4 Å². The first-order chi connectivity index (χ1) is 14.5. The van der Waals surface area contributed by atoms with Crippen molar-refractivity contribution in [3.63, 3.8) is 0 Å². The van der Waals surface area contributed by atoms with Crippen LogP contribution in [0.4, 0.5) is 0 Å². The van der Waals surface area contributed by atoms with Crippen molar-refractivity contribution in [1.29, 1.82) is 0 Å². The maximum atomic E-state index is 11.5. The number of sulfone groups is 1. The number of nitrogens with zero attached hydrogens (tertiary/aromatic N) is 4. The van der Waals surface area contributed by atoms with Crippen molar-refractivity contribution in [3.8, 4) is 0 Å². The van der Waals surface area contributed by atoms with Crippen LogP contribution in [0.15, 0.2) is 22.6 Å². The van der Waals surface area contributed by atoms with Crippen molar-refractivity contribution in [2.45, 2.75) is 13.3 Å². The number of rotatable bonds is 18. The number of likely N-dealkylation sites (N-methyl/N-ethyl adjacent to an activating group) is 1. The molecule has 0 amide bonds. The highest BCUT2D eigenvalue weighted by Gasteiger charge is 2.20. The lowest BCUT2D eigenvalue weighted by Gasteiger charge is -2.25. The molecule has 1 N–H and O–H groups in total. The second-order valence-corrected chi connectivity index (χ2v) is 9.24. The van der Waals surface area contributed by atoms with E-state index in [9.17, 15) is 8.42 Å². The third kappa shape index (κ3) is 13.2. The molecule has 1 fully saturated rings. The minimum Gasteiger partial charge on any atom is -0.378 e. The van der Waals surface area contributed by atoms with E-state index in [1.165, 1.54) is 0 Å². The molecule has 1 aliphatic heterocycles. The van der Waals surface area contributed by atoms with Gasteiger partial charge in [0.15, 0.2) is 9.84 Å². The average molecular weight is 450 g/mol. The molecule has 30 heavy (non-hydrogen) atoms. The molecule has 0 spiro atoms. The number of hydrogen-bond donors (Lipinski definition) is 1. The van der Waals surface area contributed by atoms with E-state index in [2.05, 4.69) is 27.1 Å². The van der Waals surface area contributed by atoms with Crippen LogP contribution in [0.25, 0.3) is 0 Å². The molecule has 0 aliphatic carbocycles. The molecule has 0 radical (unpaired) electrons. The Balaban J connectivity index is 2.12. The quantitative estimate of drug-likeness (QED) is 0.184. The fraction of sp³-hybridized carbons (Fsp3) is 0.895. The molecule has 1 heterocycles. The molecule has 0 unspecified atom stereocenters. The average Bonchev–Trinajstić information content (AvgIpc) is 2.73. The molecular formula is C19H39N5O5S. The van der Waals surface area contributed by atoms with Gasteiger partial charge in [-0.2, -0.15) is 5.11 Å². The zero-order valence-corrected chi connectivity index (χ0v) is 19.4. The van der Waals surface area contributed by atoms with Gasteiger partial charge in [0.25, 0.3) is 0 Å². The molecule has 0 aromatic heterocycles. The predicted octanol–water partition coefficient (Wildman–Crippen LogP) is 0.579. The lowest BCUT2D eigenvalue weighted by Crippen LogP contribution is -2.41. The van der Waals surface area contributed by atoms with Crippen LogP contribution < -0.4 is 5.32 Å². The van der Waals surface area contributed by atoms with Gasteiger partial charge in [0.05, 0.1) is 64.2 Å². The topological polar surface area (TPSA) is 105 Å². The summed E-state index contributed by atoms with van der Waals surface area (Å²) in [6, 6.07) is 0. The van der Waals surface area contributed by atoms with Gasteiger partial charge in [-0.05, 0) is 13.5 Å². The van der Waals surface area contributed by atoms with Gasteiger partial charge >= 0.3 is 0 Å². The Bertz CT molecular complexity index is 574.